The Labute approximate surface area is 74.0 Å². The summed E-state index contributed by atoms with van der Waals surface area (Å²) in [5.41, 5.74) is 2.05. The van der Waals surface area contributed by atoms with Gasteiger partial charge in [0.25, 0.3) is 0 Å². The standard InChI is InChI=1S/C8H7NO4/c1-5(10)13-9-7-4-6(11)2-3-8(7)12/h2-4,9H,1H3. The fraction of sp³-hybridized carbons (Fsp3) is 0.125. The van der Waals surface area contributed by atoms with Crippen molar-refractivity contribution in [2.24, 2.45) is 0 Å². The maximum absolute atomic E-state index is 11.0. The van der Waals surface area contributed by atoms with Crippen molar-refractivity contribution in [2.45, 2.75) is 6.92 Å². The van der Waals surface area contributed by atoms with Gasteiger partial charge in [0, 0.05) is 13.0 Å². The molecule has 13 heavy (non-hydrogen) atoms. The van der Waals surface area contributed by atoms with Gasteiger partial charge in [-0.1, -0.05) is 0 Å². The first-order valence-corrected chi connectivity index (χ1v) is 3.51. The average Bonchev–Trinajstić information content (AvgIpc) is 2.06. The second-order valence-electron chi connectivity index (χ2n) is 2.35. The third kappa shape index (κ3) is 2.55. The number of carbonyl (C=O) groups excluding carboxylic acids is 3. The van der Waals surface area contributed by atoms with Crippen LogP contribution < -0.4 is 5.48 Å². The van der Waals surface area contributed by atoms with Gasteiger partial charge < -0.3 is 4.84 Å². The molecule has 0 amide bonds. The van der Waals surface area contributed by atoms with Gasteiger partial charge in [-0.3, -0.25) is 14.4 Å². The van der Waals surface area contributed by atoms with Gasteiger partial charge in [-0.05, 0) is 12.2 Å². The molecule has 5 nitrogen and oxygen atoms in total. The van der Waals surface area contributed by atoms with E-state index in [0.29, 0.717) is 0 Å². The van der Waals surface area contributed by atoms with Crippen LogP contribution in [0.3, 0.4) is 0 Å². The maximum atomic E-state index is 11.0. The van der Waals surface area contributed by atoms with Gasteiger partial charge in [0.1, 0.15) is 5.70 Å². The van der Waals surface area contributed by atoms with Crippen molar-refractivity contribution in [1.29, 1.82) is 0 Å². The molecule has 0 aliphatic heterocycles. The van der Waals surface area contributed by atoms with Crippen molar-refractivity contribution in [3.63, 3.8) is 0 Å². The topological polar surface area (TPSA) is 72.5 Å². The van der Waals surface area contributed by atoms with Crippen LogP contribution in [0.2, 0.25) is 0 Å². The number of carbonyl (C=O) groups is 3. The Morgan fingerprint density at radius 1 is 1.38 bits per heavy atom. The molecule has 0 heterocycles. The second-order valence-corrected chi connectivity index (χ2v) is 2.35. The molecule has 1 aliphatic carbocycles. The van der Waals surface area contributed by atoms with E-state index in [2.05, 4.69) is 10.3 Å². The van der Waals surface area contributed by atoms with Gasteiger partial charge in [0.2, 0.25) is 5.78 Å². The summed E-state index contributed by atoms with van der Waals surface area (Å²) in [4.78, 5) is 36.4. The van der Waals surface area contributed by atoms with Crippen LogP contribution in [0.1, 0.15) is 6.92 Å². The molecule has 0 unspecified atom stereocenters. The SMILES string of the molecule is CC(=O)ONC1=CC(=O)C=CC1=O. The summed E-state index contributed by atoms with van der Waals surface area (Å²) in [6.07, 6.45) is 3.31. The molecule has 0 spiro atoms. The predicted molar refractivity (Wildman–Crippen MR) is 42.1 cm³/mol. The average molecular weight is 181 g/mol. The fourth-order valence-electron chi connectivity index (χ4n) is 0.716. The largest absolute Gasteiger partial charge is 0.344 e. The van der Waals surface area contributed by atoms with Crippen LogP contribution in [-0.4, -0.2) is 17.5 Å². The number of allylic oxidation sites excluding steroid dienone is 3. The molecule has 0 bridgehead atoms. The normalized spacial score (nSPS) is 15.3. The molecular formula is C8H7NO4. The van der Waals surface area contributed by atoms with Crippen LogP contribution in [0.25, 0.3) is 0 Å². The minimum absolute atomic E-state index is 0.0392. The van der Waals surface area contributed by atoms with Crippen molar-refractivity contribution in [3.05, 3.63) is 23.9 Å². The van der Waals surface area contributed by atoms with Crippen LogP contribution in [-0.2, 0) is 19.2 Å². The Bertz CT molecular complexity index is 327. The molecule has 5 heteroatoms. The van der Waals surface area contributed by atoms with E-state index in [1.165, 1.54) is 6.92 Å². The number of hydrogen-bond acceptors (Lipinski definition) is 5. The summed E-state index contributed by atoms with van der Waals surface area (Å²) in [5, 5.41) is 0. The van der Waals surface area contributed by atoms with Gasteiger partial charge in [-0.25, -0.2) is 5.48 Å². The smallest absolute Gasteiger partial charge is 0.329 e. The first kappa shape index (κ1) is 9.18. The third-order valence-corrected chi connectivity index (χ3v) is 1.26. The molecule has 0 fully saturated rings. The molecule has 1 rings (SSSR count). The summed E-state index contributed by atoms with van der Waals surface area (Å²) in [7, 11) is 0. The van der Waals surface area contributed by atoms with Crippen LogP contribution in [0.5, 0.6) is 0 Å². The minimum Gasteiger partial charge on any atom is -0.344 e. The quantitative estimate of drug-likeness (QED) is 0.465. The molecule has 0 atom stereocenters. The van der Waals surface area contributed by atoms with E-state index in [4.69, 9.17) is 0 Å². The summed E-state index contributed by atoms with van der Waals surface area (Å²) in [6.45, 7) is 1.18. The number of hydrogen-bond donors (Lipinski definition) is 1. The first-order valence-electron chi connectivity index (χ1n) is 3.51. The summed E-state index contributed by atoms with van der Waals surface area (Å²) >= 11 is 0. The molecular weight excluding hydrogens is 174 g/mol. The summed E-state index contributed by atoms with van der Waals surface area (Å²) in [6, 6.07) is 0. The lowest BCUT2D eigenvalue weighted by Gasteiger charge is -2.07. The Kier molecular flexibility index (Phi) is 2.59. The van der Waals surface area contributed by atoms with E-state index < -0.39 is 11.8 Å². The van der Waals surface area contributed by atoms with Gasteiger partial charge in [-0.2, -0.15) is 0 Å². The highest BCUT2D eigenvalue weighted by molar-refractivity contribution is 6.16. The van der Waals surface area contributed by atoms with Crippen LogP contribution >= 0.6 is 0 Å². The van der Waals surface area contributed by atoms with E-state index in [1.807, 2.05) is 0 Å². The van der Waals surface area contributed by atoms with Crippen LogP contribution in [0.15, 0.2) is 23.9 Å². The Balaban J connectivity index is 2.63. The third-order valence-electron chi connectivity index (χ3n) is 1.26. The molecule has 0 aromatic rings. The zero-order valence-electron chi connectivity index (χ0n) is 6.87. The Morgan fingerprint density at radius 2 is 2.08 bits per heavy atom. The lowest BCUT2D eigenvalue weighted by molar-refractivity contribution is -0.147. The highest BCUT2D eigenvalue weighted by atomic mass is 16.7. The first-order chi connectivity index (χ1) is 6.09. The van der Waals surface area contributed by atoms with Gasteiger partial charge in [-0.15, -0.1) is 0 Å². The van der Waals surface area contributed by atoms with Gasteiger partial charge in [0.15, 0.2) is 5.78 Å². The summed E-state index contributed by atoms with van der Waals surface area (Å²) < 4.78 is 0. The number of rotatable bonds is 2. The van der Waals surface area contributed by atoms with Crippen molar-refractivity contribution in [2.75, 3.05) is 0 Å². The number of nitrogens with one attached hydrogen (secondary N) is 1. The molecule has 1 N–H and O–H groups in total. The molecule has 1 aliphatic rings. The lowest BCUT2D eigenvalue weighted by Crippen LogP contribution is -2.24. The molecule has 0 saturated carbocycles. The second kappa shape index (κ2) is 3.66. The van der Waals surface area contributed by atoms with E-state index in [1.54, 1.807) is 0 Å². The van der Waals surface area contributed by atoms with Crippen LogP contribution in [0.4, 0.5) is 0 Å². The Hall–Kier alpha value is -1.91. The number of hydroxylamine groups is 1. The zero-order chi connectivity index (χ0) is 9.84. The molecule has 68 valence electrons. The van der Waals surface area contributed by atoms with Gasteiger partial charge in [0.05, 0.1) is 0 Å². The maximum Gasteiger partial charge on any atom is 0.329 e. The minimum atomic E-state index is -0.587. The highest BCUT2D eigenvalue weighted by Crippen LogP contribution is 2.01. The summed E-state index contributed by atoms with van der Waals surface area (Å²) in [5.74, 6) is -1.31. The van der Waals surface area contributed by atoms with Crippen LogP contribution in [0, 0.1) is 0 Å². The monoisotopic (exact) mass is 181 g/mol. The zero-order valence-corrected chi connectivity index (χ0v) is 6.87. The van der Waals surface area contributed by atoms with E-state index in [0.717, 1.165) is 18.2 Å². The van der Waals surface area contributed by atoms with E-state index >= 15 is 0 Å². The van der Waals surface area contributed by atoms with Crippen molar-refractivity contribution in [3.8, 4) is 0 Å². The van der Waals surface area contributed by atoms with Gasteiger partial charge >= 0.3 is 5.97 Å². The predicted octanol–water partition coefficient (Wildman–Crippen LogP) is -0.354. The molecule has 0 saturated heterocycles. The lowest BCUT2D eigenvalue weighted by atomic mass is 10.1. The van der Waals surface area contributed by atoms with E-state index in [-0.39, 0.29) is 11.5 Å². The number of ketones is 2. The van der Waals surface area contributed by atoms with Crippen molar-refractivity contribution >= 4 is 17.5 Å². The molecule has 0 aromatic heterocycles. The molecule has 0 radical (unpaired) electrons. The van der Waals surface area contributed by atoms with Crippen molar-refractivity contribution in [1.82, 2.24) is 5.48 Å². The van der Waals surface area contributed by atoms with E-state index in [9.17, 15) is 14.4 Å². The Morgan fingerprint density at radius 3 is 2.69 bits per heavy atom. The van der Waals surface area contributed by atoms with Crippen molar-refractivity contribution < 1.29 is 19.2 Å². The fourth-order valence-corrected chi connectivity index (χ4v) is 0.716. The molecule has 0 aromatic carbocycles. The highest BCUT2D eigenvalue weighted by Gasteiger charge is 2.13.